The standard InChI is InChI=1S/C16H29N5/c1-12(2)19-16-17-8-5-15(20-16)18-11-14-6-9-21(10-7-14)13(3)4/h5,8,12-14H,6-7,9-11H2,1-4H3,(H2,17,18,19,20). The van der Waals surface area contributed by atoms with Crippen molar-refractivity contribution in [2.45, 2.75) is 52.6 Å². The van der Waals surface area contributed by atoms with Gasteiger partial charge in [0, 0.05) is 24.8 Å². The number of piperidine rings is 1. The van der Waals surface area contributed by atoms with E-state index in [0.29, 0.717) is 18.0 Å². The smallest absolute Gasteiger partial charge is 0.224 e. The Labute approximate surface area is 128 Å². The number of nitrogens with zero attached hydrogens (tertiary/aromatic N) is 3. The molecule has 2 rings (SSSR count). The maximum atomic E-state index is 4.50. The summed E-state index contributed by atoms with van der Waals surface area (Å²) in [6, 6.07) is 2.96. The number of aromatic nitrogens is 2. The van der Waals surface area contributed by atoms with Gasteiger partial charge in [-0.3, -0.25) is 0 Å². The van der Waals surface area contributed by atoms with Gasteiger partial charge in [-0.05, 0) is 65.6 Å². The Balaban J connectivity index is 1.78. The first kappa shape index (κ1) is 16.0. The highest BCUT2D eigenvalue weighted by atomic mass is 15.2. The van der Waals surface area contributed by atoms with E-state index in [0.717, 1.165) is 18.3 Å². The molecule has 0 spiro atoms. The van der Waals surface area contributed by atoms with E-state index >= 15 is 0 Å². The van der Waals surface area contributed by atoms with E-state index in [4.69, 9.17) is 0 Å². The van der Waals surface area contributed by atoms with Crippen molar-refractivity contribution in [3.05, 3.63) is 12.3 Å². The molecule has 0 amide bonds. The highest BCUT2D eigenvalue weighted by Gasteiger charge is 2.20. The van der Waals surface area contributed by atoms with E-state index in [1.807, 2.05) is 6.07 Å². The van der Waals surface area contributed by atoms with Crippen molar-refractivity contribution in [3.8, 4) is 0 Å². The van der Waals surface area contributed by atoms with Gasteiger partial charge in [0.05, 0.1) is 0 Å². The van der Waals surface area contributed by atoms with Crippen LogP contribution in [0.2, 0.25) is 0 Å². The van der Waals surface area contributed by atoms with Crippen LogP contribution in [0, 0.1) is 5.92 Å². The summed E-state index contributed by atoms with van der Waals surface area (Å²) in [4.78, 5) is 11.3. The van der Waals surface area contributed by atoms with Gasteiger partial charge in [-0.15, -0.1) is 0 Å². The van der Waals surface area contributed by atoms with Gasteiger partial charge in [0.25, 0.3) is 0 Å². The normalized spacial score (nSPS) is 17.4. The van der Waals surface area contributed by atoms with E-state index in [1.54, 1.807) is 6.20 Å². The van der Waals surface area contributed by atoms with Crippen LogP contribution in [0.15, 0.2) is 12.3 Å². The summed E-state index contributed by atoms with van der Waals surface area (Å²) < 4.78 is 0. The third-order valence-corrected chi connectivity index (χ3v) is 4.02. The van der Waals surface area contributed by atoms with E-state index < -0.39 is 0 Å². The van der Waals surface area contributed by atoms with Gasteiger partial charge < -0.3 is 15.5 Å². The minimum Gasteiger partial charge on any atom is -0.370 e. The van der Waals surface area contributed by atoms with E-state index in [2.05, 4.69) is 53.2 Å². The second kappa shape index (κ2) is 7.59. The molecule has 2 heterocycles. The van der Waals surface area contributed by atoms with Crippen LogP contribution in [-0.4, -0.2) is 46.6 Å². The van der Waals surface area contributed by atoms with Crippen LogP contribution < -0.4 is 10.6 Å². The Kier molecular flexibility index (Phi) is 5.79. The SMILES string of the molecule is CC(C)Nc1nccc(NCC2CCN(C(C)C)CC2)n1. The lowest BCUT2D eigenvalue weighted by atomic mass is 9.96. The van der Waals surface area contributed by atoms with Crippen LogP contribution >= 0.6 is 0 Å². The summed E-state index contributed by atoms with van der Waals surface area (Å²) in [5, 5.41) is 6.69. The number of hydrogen-bond acceptors (Lipinski definition) is 5. The number of likely N-dealkylation sites (tertiary alicyclic amines) is 1. The van der Waals surface area contributed by atoms with E-state index in [1.165, 1.54) is 25.9 Å². The molecule has 0 atom stereocenters. The molecule has 0 saturated carbocycles. The van der Waals surface area contributed by atoms with Crippen LogP contribution in [0.3, 0.4) is 0 Å². The summed E-state index contributed by atoms with van der Waals surface area (Å²) >= 11 is 0. The zero-order valence-corrected chi connectivity index (χ0v) is 13.8. The number of hydrogen-bond donors (Lipinski definition) is 2. The van der Waals surface area contributed by atoms with Gasteiger partial charge in [-0.1, -0.05) is 0 Å². The maximum Gasteiger partial charge on any atom is 0.224 e. The molecule has 1 fully saturated rings. The van der Waals surface area contributed by atoms with Gasteiger partial charge in [0.15, 0.2) is 0 Å². The molecule has 2 N–H and O–H groups in total. The second-order valence-corrected chi connectivity index (χ2v) is 6.52. The summed E-state index contributed by atoms with van der Waals surface area (Å²) in [6.45, 7) is 12.2. The molecule has 1 aliphatic rings. The highest BCUT2D eigenvalue weighted by molar-refractivity contribution is 5.39. The molecule has 118 valence electrons. The van der Waals surface area contributed by atoms with Crippen molar-refractivity contribution in [2.75, 3.05) is 30.3 Å². The van der Waals surface area contributed by atoms with Crippen LogP contribution in [0.1, 0.15) is 40.5 Å². The fourth-order valence-electron chi connectivity index (χ4n) is 2.71. The highest BCUT2D eigenvalue weighted by Crippen LogP contribution is 2.19. The summed E-state index contributed by atoms with van der Waals surface area (Å²) in [5.41, 5.74) is 0. The molecule has 5 heteroatoms. The average Bonchev–Trinajstić information content (AvgIpc) is 2.45. The zero-order chi connectivity index (χ0) is 15.2. The summed E-state index contributed by atoms with van der Waals surface area (Å²) in [6.07, 6.45) is 4.35. The minimum absolute atomic E-state index is 0.348. The molecule has 1 aromatic rings. The minimum atomic E-state index is 0.348. The van der Waals surface area contributed by atoms with Crippen molar-refractivity contribution in [1.29, 1.82) is 0 Å². The van der Waals surface area contributed by atoms with Gasteiger partial charge in [-0.2, -0.15) is 4.98 Å². The van der Waals surface area contributed by atoms with Crippen LogP contribution in [0.25, 0.3) is 0 Å². The molecule has 0 bridgehead atoms. The van der Waals surface area contributed by atoms with Gasteiger partial charge in [-0.25, -0.2) is 4.98 Å². The lowest BCUT2D eigenvalue weighted by Gasteiger charge is -2.34. The maximum absolute atomic E-state index is 4.50. The first-order valence-electron chi connectivity index (χ1n) is 8.12. The largest absolute Gasteiger partial charge is 0.370 e. The Hall–Kier alpha value is -1.36. The van der Waals surface area contributed by atoms with Crippen LogP contribution in [0.4, 0.5) is 11.8 Å². The van der Waals surface area contributed by atoms with E-state index in [-0.39, 0.29) is 0 Å². The quantitative estimate of drug-likeness (QED) is 0.844. The lowest BCUT2D eigenvalue weighted by Crippen LogP contribution is -2.39. The lowest BCUT2D eigenvalue weighted by molar-refractivity contribution is 0.153. The molecular formula is C16H29N5. The number of anilines is 2. The molecule has 0 unspecified atom stereocenters. The molecule has 5 nitrogen and oxygen atoms in total. The third kappa shape index (κ3) is 5.16. The monoisotopic (exact) mass is 291 g/mol. The Bertz CT molecular complexity index is 424. The Morgan fingerprint density at radius 1 is 1.24 bits per heavy atom. The number of rotatable bonds is 6. The van der Waals surface area contributed by atoms with Crippen molar-refractivity contribution in [1.82, 2.24) is 14.9 Å². The fraction of sp³-hybridized carbons (Fsp3) is 0.750. The molecule has 1 saturated heterocycles. The second-order valence-electron chi connectivity index (χ2n) is 6.52. The molecular weight excluding hydrogens is 262 g/mol. The molecule has 21 heavy (non-hydrogen) atoms. The molecule has 0 aromatic carbocycles. The summed E-state index contributed by atoms with van der Waals surface area (Å²) in [7, 11) is 0. The molecule has 1 aromatic heterocycles. The first-order chi connectivity index (χ1) is 10.0. The average molecular weight is 291 g/mol. The van der Waals surface area contributed by atoms with Crippen molar-refractivity contribution >= 4 is 11.8 Å². The van der Waals surface area contributed by atoms with Crippen molar-refractivity contribution < 1.29 is 0 Å². The van der Waals surface area contributed by atoms with E-state index in [9.17, 15) is 0 Å². The third-order valence-electron chi connectivity index (χ3n) is 4.02. The molecule has 0 aliphatic carbocycles. The number of nitrogens with one attached hydrogen (secondary N) is 2. The molecule has 0 radical (unpaired) electrons. The predicted molar refractivity (Wildman–Crippen MR) is 88.7 cm³/mol. The van der Waals surface area contributed by atoms with Gasteiger partial charge in [0.1, 0.15) is 5.82 Å². The topological polar surface area (TPSA) is 53.1 Å². The van der Waals surface area contributed by atoms with Gasteiger partial charge >= 0.3 is 0 Å². The van der Waals surface area contributed by atoms with Gasteiger partial charge in [0.2, 0.25) is 5.95 Å². The zero-order valence-electron chi connectivity index (χ0n) is 13.8. The first-order valence-corrected chi connectivity index (χ1v) is 8.12. The Morgan fingerprint density at radius 3 is 2.57 bits per heavy atom. The summed E-state index contributed by atoms with van der Waals surface area (Å²) in [5.74, 6) is 2.36. The van der Waals surface area contributed by atoms with Crippen LogP contribution in [-0.2, 0) is 0 Å². The molecule has 1 aliphatic heterocycles. The predicted octanol–water partition coefficient (Wildman–Crippen LogP) is 2.83. The Morgan fingerprint density at radius 2 is 1.95 bits per heavy atom. The van der Waals surface area contributed by atoms with Crippen molar-refractivity contribution in [3.63, 3.8) is 0 Å². The fourth-order valence-corrected chi connectivity index (χ4v) is 2.71. The van der Waals surface area contributed by atoms with Crippen LogP contribution in [0.5, 0.6) is 0 Å². The van der Waals surface area contributed by atoms with Crippen molar-refractivity contribution in [2.24, 2.45) is 5.92 Å².